The molecule has 2 heterocycles. The van der Waals surface area contributed by atoms with E-state index in [-0.39, 0.29) is 6.04 Å². The van der Waals surface area contributed by atoms with E-state index in [2.05, 4.69) is 34.5 Å². The van der Waals surface area contributed by atoms with Gasteiger partial charge >= 0.3 is 0 Å². The van der Waals surface area contributed by atoms with E-state index in [1.165, 1.54) is 16.7 Å². The van der Waals surface area contributed by atoms with Gasteiger partial charge in [0.2, 0.25) is 5.95 Å². The molecule has 0 aliphatic heterocycles. The normalized spacial score (nSPS) is 17.1. The third kappa shape index (κ3) is 2.11. The first-order chi connectivity index (χ1) is 10.2. The average molecular weight is 279 g/mol. The Balaban J connectivity index is 1.64. The van der Waals surface area contributed by atoms with Crippen LogP contribution in [-0.4, -0.2) is 14.6 Å². The molecule has 0 bridgehead atoms. The first-order valence-electron chi connectivity index (χ1n) is 7.17. The van der Waals surface area contributed by atoms with E-state index in [0.717, 1.165) is 24.2 Å². The molecule has 0 radical (unpaired) electrons. The molecule has 4 rings (SSSR count). The second-order valence-electron chi connectivity index (χ2n) is 5.64. The van der Waals surface area contributed by atoms with Crippen molar-refractivity contribution in [3.63, 3.8) is 0 Å². The zero-order valence-electron chi connectivity index (χ0n) is 11.9. The fourth-order valence-electron chi connectivity index (χ4n) is 2.99. The summed E-state index contributed by atoms with van der Waals surface area (Å²) in [4.78, 5) is 4.54. The monoisotopic (exact) mass is 279 g/mol. The Morgan fingerprint density at radius 3 is 3.10 bits per heavy atom. The molecule has 0 fully saturated rings. The van der Waals surface area contributed by atoms with Crippen LogP contribution in [0.1, 0.15) is 29.2 Å². The zero-order valence-corrected chi connectivity index (χ0v) is 11.9. The van der Waals surface area contributed by atoms with Crippen LogP contribution in [0, 0.1) is 6.92 Å². The number of anilines is 2. The van der Waals surface area contributed by atoms with Crippen molar-refractivity contribution in [2.45, 2.75) is 25.8 Å². The van der Waals surface area contributed by atoms with Crippen LogP contribution in [-0.2, 0) is 6.42 Å². The first-order valence-corrected chi connectivity index (χ1v) is 7.17. The fourth-order valence-corrected chi connectivity index (χ4v) is 2.99. The molecule has 5 heteroatoms. The Morgan fingerprint density at radius 2 is 2.19 bits per heavy atom. The number of nitrogen functional groups attached to an aromatic ring is 1. The molecule has 3 aromatic rings. The average Bonchev–Trinajstić information content (AvgIpc) is 3.02. The molecular formula is C16H17N5. The van der Waals surface area contributed by atoms with E-state index in [9.17, 15) is 0 Å². The van der Waals surface area contributed by atoms with Crippen molar-refractivity contribution in [2.24, 2.45) is 0 Å². The molecule has 0 amide bonds. The molecule has 1 atom stereocenters. The lowest BCUT2D eigenvalue weighted by Crippen LogP contribution is -2.08. The summed E-state index contributed by atoms with van der Waals surface area (Å²) in [5, 5.41) is 7.92. The minimum absolute atomic E-state index is 0.263. The van der Waals surface area contributed by atoms with Crippen LogP contribution in [0.5, 0.6) is 0 Å². The predicted molar refractivity (Wildman–Crippen MR) is 83.3 cm³/mol. The molecule has 1 aromatic carbocycles. The van der Waals surface area contributed by atoms with Crippen LogP contribution in [0.2, 0.25) is 0 Å². The molecule has 5 nitrogen and oxygen atoms in total. The van der Waals surface area contributed by atoms with Crippen LogP contribution in [0.25, 0.3) is 5.65 Å². The highest BCUT2D eigenvalue weighted by molar-refractivity contribution is 5.51. The van der Waals surface area contributed by atoms with Gasteiger partial charge in [0.1, 0.15) is 0 Å². The SMILES string of the molecule is Cc1ccn2nc(NC3CCc4cc(N)ccc43)nc2c1. The summed E-state index contributed by atoms with van der Waals surface area (Å²) >= 11 is 0. The molecule has 1 unspecified atom stereocenters. The lowest BCUT2D eigenvalue weighted by Gasteiger charge is -2.12. The van der Waals surface area contributed by atoms with E-state index in [4.69, 9.17) is 5.73 Å². The lowest BCUT2D eigenvalue weighted by atomic mass is 10.1. The van der Waals surface area contributed by atoms with Crippen molar-refractivity contribution >= 4 is 17.3 Å². The topological polar surface area (TPSA) is 68.2 Å². The molecule has 0 saturated heterocycles. The summed E-state index contributed by atoms with van der Waals surface area (Å²) in [5.74, 6) is 0.676. The van der Waals surface area contributed by atoms with Crippen LogP contribution in [0.3, 0.4) is 0 Å². The summed E-state index contributed by atoms with van der Waals surface area (Å²) in [5.41, 5.74) is 11.4. The van der Waals surface area contributed by atoms with Crippen molar-refractivity contribution in [1.29, 1.82) is 0 Å². The molecule has 1 aliphatic rings. The van der Waals surface area contributed by atoms with E-state index in [1.807, 2.05) is 24.4 Å². The highest BCUT2D eigenvalue weighted by Crippen LogP contribution is 2.34. The molecule has 0 saturated carbocycles. The smallest absolute Gasteiger partial charge is 0.243 e. The highest BCUT2D eigenvalue weighted by Gasteiger charge is 2.23. The van der Waals surface area contributed by atoms with Crippen LogP contribution < -0.4 is 11.1 Å². The number of aromatic nitrogens is 3. The van der Waals surface area contributed by atoms with Gasteiger partial charge in [0.25, 0.3) is 0 Å². The van der Waals surface area contributed by atoms with E-state index < -0.39 is 0 Å². The number of nitrogens with zero attached hydrogens (tertiary/aromatic N) is 3. The maximum absolute atomic E-state index is 5.85. The summed E-state index contributed by atoms with van der Waals surface area (Å²) in [6.07, 6.45) is 4.03. The minimum Gasteiger partial charge on any atom is -0.399 e. The van der Waals surface area contributed by atoms with Crippen molar-refractivity contribution in [1.82, 2.24) is 14.6 Å². The van der Waals surface area contributed by atoms with Gasteiger partial charge in [-0.2, -0.15) is 4.98 Å². The Bertz CT molecular complexity index is 821. The summed E-state index contributed by atoms with van der Waals surface area (Å²) in [6.45, 7) is 2.05. The van der Waals surface area contributed by atoms with Crippen LogP contribution in [0.15, 0.2) is 36.5 Å². The number of aryl methyl sites for hydroxylation is 2. The van der Waals surface area contributed by atoms with Crippen molar-refractivity contribution < 1.29 is 0 Å². The summed E-state index contributed by atoms with van der Waals surface area (Å²) in [7, 11) is 0. The van der Waals surface area contributed by atoms with Gasteiger partial charge in [-0.05, 0) is 60.7 Å². The van der Waals surface area contributed by atoms with Crippen molar-refractivity contribution in [3.05, 3.63) is 53.2 Å². The second kappa shape index (κ2) is 4.48. The van der Waals surface area contributed by atoms with E-state index >= 15 is 0 Å². The van der Waals surface area contributed by atoms with Crippen molar-refractivity contribution in [3.8, 4) is 0 Å². The van der Waals surface area contributed by atoms with Gasteiger partial charge in [0.15, 0.2) is 5.65 Å². The van der Waals surface area contributed by atoms with Gasteiger partial charge in [-0.1, -0.05) is 6.07 Å². The number of hydrogen-bond acceptors (Lipinski definition) is 4. The van der Waals surface area contributed by atoms with Gasteiger partial charge in [-0.25, -0.2) is 4.52 Å². The molecule has 21 heavy (non-hydrogen) atoms. The molecule has 0 spiro atoms. The molecule has 106 valence electrons. The van der Waals surface area contributed by atoms with E-state index in [0.29, 0.717) is 5.95 Å². The predicted octanol–water partition coefficient (Wildman–Crippen LogP) is 2.72. The van der Waals surface area contributed by atoms with Crippen molar-refractivity contribution in [2.75, 3.05) is 11.1 Å². The van der Waals surface area contributed by atoms with E-state index in [1.54, 1.807) is 4.52 Å². The Morgan fingerprint density at radius 1 is 1.29 bits per heavy atom. The Kier molecular flexibility index (Phi) is 2.60. The van der Waals surface area contributed by atoms with Crippen LogP contribution in [0.4, 0.5) is 11.6 Å². The molecule has 2 aromatic heterocycles. The fraction of sp³-hybridized carbons (Fsp3) is 0.250. The third-order valence-corrected chi connectivity index (χ3v) is 4.04. The minimum atomic E-state index is 0.263. The standard InChI is InChI=1S/C16H17N5/c1-10-6-7-21-15(8-10)19-16(20-21)18-14-5-2-11-9-12(17)3-4-13(11)14/h3-4,6-9,14H,2,5,17H2,1H3,(H,18,20). The van der Waals surface area contributed by atoms with Gasteiger partial charge < -0.3 is 11.1 Å². The number of nitrogens with two attached hydrogens (primary N) is 1. The largest absolute Gasteiger partial charge is 0.399 e. The number of hydrogen-bond donors (Lipinski definition) is 2. The van der Waals surface area contributed by atoms with Gasteiger partial charge in [-0.3, -0.25) is 0 Å². The summed E-state index contributed by atoms with van der Waals surface area (Å²) in [6, 6.07) is 10.5. The first kappa shape index (κ1) is 12.2. The summed E-state index contributed by atoms with van der Waals surface area (Å²) < 4.78 is 1.80. The van der Waals surface area contributed by atoms with Gasteiger partial charge in [0.05, 0.1) is 6.04 Å². The third-order valence-electron chi connectivity index (χ3n) is 4.04. The molecule has 1 aliphatic carbocycles. The maximum atomic E-state index is 5.85. The number of pyridine rings is 1. The van der Waals surface area contributed by atoms with Gasteiger partial charge in [0, 0.05) is 11.9 Å². The zero-order chi connectivity index (χ0) is 14.4. The Labute approximate surface area is 122 Å². The number of rotatable bonds is 2. The Hall–Kier alpha value is -2.56. The highest BCUT2D eigenvalue weighted by atomic mass is 15.3. The van der Waals surface area contributed by atoms with Gasteiger partial charge in [-0.15, -0.1) is 5.10 Å². The number of benzene rings is 1. The number of nitrogens with one attached hydrogen (secondary N) is 1. The lowest BCUT2D eigenvalue weighted by molar-refractivity contribution is 0.750. The second-order valence-corrected chi connectivity index (χ2v) is 5.64. The quantitative estimate of drug-likeness (QED) is 0.708. The maximum Gasteiger partial charge on any atom is 0.243 e. The number of fused-ring (bicyclic) bond motifs is 2. The molecular weight excluding hydrogens is 262 g/mol. The van der Waals surface area contributed by atoms with Crippen LogP contribution >= 0.6 is 0 Å². The molecule has 3 N–H and O–H groups in total.